The molecule has 3 aromatic rings. The zero-order valence-corrected chi connectivity index (χ0v) is 17.7. The number of hydrogen-bond donors (Lipinski definition) is 3. The van der Waals surface area contributed by atoms with Crippen molar-refractivity contribution in [3.8, 4) is 5.75 Å². The second-order valence-electron chi connectivity index (χ2n) is 7.69. The van der Waals surface area contributed by atoms with Crippen LogP contribution in [0.15, 0.2) is 18.5 Å². The molecular weight excluding hydrogens is 380 g/mol. The van der Waals surface area contributed by atoms with Gasteiger partial charge in [0.2, 0.25) is 5.95 Å². The molecule has 4 N–H and O–H groups in total. The summed E-state index contributed by atoms with van der Waals surface area (Å²) in [7, 11) is 1.69. The fourth-order valence-electron chi connectivity index (χ4n) is 3.95. The number of aromatic nitrogens is 5. The largest absolute Gasteiger partial charge is 0.495 e. The summed E-state index contributed by atoms with van der Waals surface area (Å²) >= 11 is 0. The average molecular weight is 411 g/mol. The van der Waals surface area contributed by atoms with Gasteiger partial charge in [-0.25, -0.2) is 4.98 Å². The maximum Gasteiger partial charge on any atom is 0.222 e. The first-order chi connectivity index (χ1) is 14.7. The summed E-state index contributed by atoms with van der Waals surface area (Å²) in [6.07, 6.45) is 8.09. The number of methoxy groups -OCH3 is 1. The van der Waals surface area contributed by atoms with Crippen LogP contribution in [0.4, 0.5) is 11.8 Å². The Morgan fingerprint density at radius 3 is 2.87 bits per heavy atom. The maximum atomic E-state index is 5.89. The molecule has 1 fully saturated rings. The first-order valence-electron chi connectivity index (χ1n) is 10.7. The van der Waals surface area contributed by atoms with Crippen molar-refractivity contribution in [2.24, 2.45) is 0 Å². The molecule has 4 heterocycles. The predicted octanol–water partition coefficient (Wildman–Crippen LogP) is 2.54. The van der Waals surface area contributed by atoms with E-state index in [4.69, 9.17) is 15.5 Å². The number of anilines is 2. The molecule has 0 unspecified atom stereocenters. The van der Waals surface area contributed by atoms with Gasteiger partial charge < -0.3 is 21.1 Å². The Balaban J connectivity index is 1.63. The Hall–Kier alpha value is -2.94. The van der Waals surface area contributed by atoms with Crippen molar-refractivity contribution in [3.63, 3.8) is 0 Å². The zero-order chi connectivity index (χ0) is 20.9. The summed E-state index contributed by atoms with van der Waals surface area (Å²) in [6, 6.07) is 2.12. The molecule has 9 heteroatoms. The van der Waals surface area contributed by atoms with E-state index < -0.39 is 0 Å². The van der Waals surface area contributed by atoms with Crippen LogP contribution in [-0.4, -0.2) is 51.5 Å². The lowest BCUT2D eigenvalue weighted by Gasteiger charge is -2.23. The van der Waals surface area contributed by atoms with Crippen LogP contribution < -0.4 is 21.1 Å². The van der Waals surface area contributed by atoms with Crippen molar-refractivity contribution in [1.82, 2.24) is 30.0 Å². The highest BCUT2D eigenvalue weighted by atomic mass is 16.5. The molecular formula is C21H30N8O. The molecule has 9 nitrogen and oxygen atoms in total. The minimum atomic E-state index is 0.239. The highest BCUT2D eigenvalue weighted by molar-refractivity contribution is 5.86. The second kappa shape index (κ2) is 9.25. The fourth-order valence-corrected chi connectivity index (χ4v) is 3.95. The van der Waals surface area contributed by atoms with E-state index in [1.165, 1.54) is 5.56 Å². The first-order valence-corrected chi connectivity index (χ1v) is 10.7. The Labute approximate surface area is 176 Å². The molecule has 0 aromatic carbocycles. The summed E-state index contributed by atoms with van der Waals surface area (Å²) in [5.41, 5.74) is 9.49. The van der Waals surface area contributed by atoms with Gasteiger partial charge in [-0.2, -0.15) is 10.1 Å². The Kier molecular flexibility index (Phi) is 6.27. The summed E-state index contributed by atoms with van der Waals surface area (Å²) in [6.45, 7) is 5.53. The van der Waals surface area contributed by atoms with Crippen molar-refractivity contribution in [2.75, 3.05) is 37.8 Å². The SMILES string of the molecule is CCCCNc1nc(N)nc2cnn(Cc3ncc(C4CCNCC4)cc3OC)c12. The van der Waals surface area contributed by atoms with Crippen LogP contribution in [0.5, 0.6) is 5.75 Å². The molecule has 0 saturated carbocycles. The van der Waals surface area contributed by atoms with Crippen LogP contribution in [0.25, 0.3) is 11.0 Å². The number of hydrogen-bond acceptors (Lipinski definition) is 8. The number of rotatable bonds is 8. The van der Waals surface area contributed by atoms with E-state index in [1.54, 1.807) is 13.3 Å². The fraction of sp³-hybridized carbons (Fsp3) is 0.524. The second-order valence-corrected chi connectivity index (χ2v) is 7.69. The first kappa shape index (κ1) is 20.3. The molecule has 160 valence electrons. The number of nitrogens with zero attached hydrogens (tertiary/aromatic N) is 5. The molecule has 30 heavy (non-hydrogen) atoms. The molecule has 0 aliphatic carbocycles. The summed E-state index contributed by atoms with van der Waals surface area (Å²) < 4.78 is 7.54. The van der Waals surface area contributed by atoms with Crippen molar-refractivity contribution in [3.05, 3.63) is 29.7 Å². The minimum Gasteiger partial charge on any atom is -0.495 e. The zero-order valence-electron chi connectivity index (χ0n) is 17.7. The van der Waals surface area contributed by atoms with Gasteiger partial charge in [0.15, 0.2) is 5.82 Å². The van der Waals surface area contributed by atoms with Crippen LogP contribution >= 0.6 is 0 Å². The third-order valence-corrected chi connectivity index (χ3v) is 5.61. The molecule has 0 spiro atoms. The van der Waals surface area contributed by atoms with E-state index in [0.717, 1.165) is 62.3 Å². The number of nitrogens with two attached hydrogens (primary N) is 1. The van der Waals surface area contributed by atoms with E-state index in [-0.39, 0.29) is 5.95 Å². The smallest absolute Gasteiger partial charge is 0.222 e. The number of unbranched alkanes of at least 4 members (excludes halogenated alkanes) is 1. The van der Waals surface area contributed by atoms with Crippen LogP contribution in [0.1, 0.15) is 49.8 Å². The number of ether oxygens (including phenoxy) is 1. The van der Waals surface area contributed by atoms with Crippen LogP contribution in [0.2, 0.25) is 0 Å². The highest BCUT2D eigenvalue weighted by Crippen LogP contribution is 2.30. The van der Waals surface area contributed by atoms with Crippen molar-refractivity contribution >= 4 is 22.8 Å². The van der Waals surface area contributed by atoms with Gasteiger partial charge in [0.05, 0.1) is 19.9 Å². The Morgan fingerprint density at radius 2 is 2.10 bits per heavy atom. The van der Waals surface area contributed by atoms with Crippen molar-refractivity contribution in [1.29, 1.82) is 0 Å². The number of pyridine rings is 1. The van der Waals surface area contributed by atoms with Crippen LogP contribution in [0, 0.1) is 0 Å². The molecule has 0 bridgehead atoms. The van der Waals surface area contributed by atoms with Gasteiger partial charge in [0.25, 0.3) is 0 Å². The van der Waals surface area contributed by atoms with E-state index in [2.05, 4.69) is 38.7 Å². The Bertz CT molecular complexity index is 996. The standard InChI is InChI=1S/C21H30N8O/c1-3-4-7-24-20-19-16(27-21(22)28-20)12-26-29(19)13-17-18(30-2)10-15(11-25-17)14-5-8-23-9-6-14/h10-12,14,23H,3-9,13H2,1-2H3,(H3,22,24,27,28). The van der Waals surface area contributed by atoms with Crippen molar-refractivity contribution in [2.45, 2.75) is 45.1 Å². The molecule has 1 saturated heterocycles. The quantitative estimate of drug-likeness (QED) is 0.485. The van der Waals surface area contributed by atoms with Gasteiger partial charge in [-0.1, -0.05) is 13.3 Å². The average Bonchev–Trinajstić information content (AvgIpc) is 3.17. The molecule has 1 aliphatic rings. The number of nitrogen functional groups attached to an aromatic ring is 1. The molecule has 0 atom stereocenters. The van der Waals surface area contributed by atoms with Gasteiger partial charge in [0, 0.05) is 12.7 Å². The molecule has 0 radical (unpaired) electrons. The van der Waals surface area contributed by atoms with Crippen LogP contribution in [0.3, 0.4) is 0 Å². The third kappa shape index (κ3) is 4.30. The van der Waals surface area contributed by atoms with Gasteiger partial charge in [-0.05, 0) is 49.9 Å². The van der Waals surface area contributed by atoms with E-state index >= 15 is 0 Å². The molecule has 0 amide bonds. The molecule has 3 aromatic heterocycles. The van der Waals surface area contributed by atoms with Crippen LogP contribution in [-0.2, 0) is 6.54 Å². The molecule has 1 aliphatic heterocycles. The Morgan fingerprint density at radius 1 is 1.27 bits per heavy atom. The molecule has 4 rings (SSSR count). The van der Waals surface area contributed by atoms with Gasteiger partial charge in [-0.15, -0.1) is 0 Å². The predicted molar refractivity (Wildman–Crippen MR) is 118 cm³/mol. The number of fused-ring (bicyclic) bond motifs is 1. The normalized spacial score (nSPS) is 14.9. The lowest BCUT2D eigenvalue weighted by atomic mass is 9.91. The number of piperidine rings is 1. The maximum absolute atomic E-state index is 5.89. The third-order valence-electron chi connectivity index (χ3n) is 5.61. The van der Waals surface area contributed by atoms with E-state index in [0.29, 0.717) is 23.8 Å². The topological polar surface area (TPSA) is 116 Å². The summed E-state index contributed by atoms with van der Waals surface area (Å²) in [5.74, 6) is 2.25. The lowest BCUT2D eigenvalue weighted by molar-refractivity contribution is 0.400. The summed E-state index contributed by atoms with van der Waals surface area (Å²) in [5, 5.41) is 11.3. The lowest BCUT2D eigenvalue weighted by Crippen LogP contribution is -2.26. The van der Waals surface area contributed by atoms with Crippen molar-refractivity contribution < 1.29 is 4.74 Å². The minimum absolute atomic E-state index is 0.239. The van der Waals surface area contributed by atoms with E-state index in [1.807, 2.05) is 10.9 Å². The number of nitrogens with one attached hydrogen (secondary N) is 2. The summed E-state index contributed by atoms with van der Waals surface area (Å²) in [4.78, 5) is 13.5. The van der Waals surface area contributed by atoms with Gasteiger partial charge >= 0.3 is 0 Å². The monoisotopic (exact) mass is 410 g/mol. The van der Waals surface area contributed by atoms with Gasteiger partial charge in [-0.3, -0.25) is 9.67 Å². The van der Waals surface area contributed by atoms with Gasteiger partial charge in [0.1, 0.15) is 22.5 Å². The van der Waals surface area contributed by atoms with E-state index in [9.17, 15) is 0 Å². The highest BCUT2D eigenvalue weighted by Gasteiger charge is 2.19.